The van der Waals surface area contributed by atoms with Crippen LogP contribution >= 0.6 is 0 Å². The Bertz CT molecular complexity index is 899. The van der Waals surface area contributed by atoms with Gasteiger partial charge in [-0.2, -0.15) is 4.98 Å². The summed E-state index contributed by atoms with van der Waals surface area (Å²) in [6.45, 7) is 0.196. The van der Waals surface area contributed by atoms with Crippen molar-refractivity contribution >= 4 is 21.0 Å². The fourth-order valence-electron chi connectivity index (χ4n) is 2.17. The summed E-state index contributed by atoms with van der Waals surface area (Å²) < 4.78 is 27.0. The van der Waals surface area contributed by atoms with E-state index >= 15 is 0 Å². The van der Waals surface area contributed by atoms with E-state index in [-0.39, 0.29) is 28.6 Å². The van der Waals surface area contributed by atoms with Gasteiger partial charge in [0.25, 0.3) is 5.56 Å². The van der Waals surface area contributed by atoms with Crippen LogP contribution in [0.1, 0.15) is 0 Å². The molecular weight excluding hydrogens is 260 g/mol. The number of imidazole rings is 1. The minimum absolute atomic E-state index is 0.0583. The molecule has 0 saturated heterocycles. The van der Waals surface area contributed by atoms with Gasteiger partial charge in [0, 0.05) is 20.6 Å². The van der Waals surface area contributed by atoms with E-state index in [2.05, 4.69) is 4.98 Å². The summed E-state index contributed by atoms with van der Waals surface area (Å²) in [4.78, 5) is 27.7. The van der Waals surface area contributed by atoms with Crippen molar-refractivity contribution in [3.63, 3.8) is 0 Å². The molecule has 0 N–H and O–H groups in total. The average Bonchev–Trinajstić information content (AvgIpc) is 2.83. The second-order valence-corrected chi connectivity index (χ2v) is 6.25. The maximum absolute atomic E-state index is 12.0. The summed E-state index contributed by atoms with van der Waals surface area (Å²) in [6.07, 6.45) is 0. The van der Waals surface area contributed by atoms with E-state index in [0.717, 1.165) is 4.57 Å². The third-order valence-corrected chi connectivity index (χ3v) is 4.76. The van der Waals surface area contributed by atoms with Gasteiger partial charge in [0.15, 0.2) is 11.2 Å². The van der Waals surface area contributed by atoms with Gasteiger partial charge >= 0.3 is 5.69 Å². The summed E-state index contributed by atoms with van der Waals surface area (Å²) in [5.41, 5.74) is -0.775. The van der Waals surface area contributed by atoms with Crippen molar-refractivity contribution in [2.75, 3.05) is 5.75 Å². The predicted octanol–water partition coefficient (Wildman–Crippen LogP) is -1.78. The molecule has 0 amide bonds. The Balaban J connectivity index is 2.65. The molecule has 2 aromatic heterocycles. The van der Waals surface area contributed by atoms with E-state index in [9.17, 15) is 18.0 Å². The van der Waals surface area contributed by atoms with E-state index in [0.29, 0.717) is 0 Å². The molecular formula is C9H10N4O4S. The van der Waals surface area contributed by atoms with Gasteiger partial charge in [-0.25, -0.2) is 13.2 Å². The molecule has 0 unspecified atom stereocenters. The molecule has 1 aliphatic heterocycles. The molecule has 0 spiro atoms. The molecule has 0 bridgehead atoms. The van der Waals surface area contributed by atoms with Crippen LogP contribution in [0.25, 0.3) is 11.2 Å². The van der Waals surface area contributed by atoms with Gasteiger partial charge in [0.05, 0.1) is 5.75 Å². The molecule has 96 valence electrons. The van der Waals surface area contributed by atoms with Crippen molar-refractivity contribution in [3.05, 3.63) is 20.8 Å². The first kappa shape index (κ1) is 11.2. The Labute approximate surface area is 101 Å². The molecule has 3 heterocycles. The van der Waals surface area contributed by atoms with E-state index in [4.69, 9.17) is 0 Å². The highest BCUT2D eigenvalue weighted by molar-refractivity contribution is 7.91. The zero-order valence-electron chi connectivity index (χ0n) is 9.74. The normalized spacial score (nSPS) is 17.2. The van der Waals surface area contributed by atoms with Crippen molar-refractivity contribution in [1.29, 1.82) is 0 Å². The lowest BCUT2D eigenvalue weighted by Gasteiger charge is -2.03. The number of sulfone groups is 1. The molecule has 8 nitrogen and oxygen atoms in total. The third kappa shape index (κ3) is 1.14. The fraction of sp³-hybridized carbons (Fsp3) is 0.444. The molecule has 18 heavy (non-hydrogen) atoms. The number of hydrogen-bond donors (Lipinski definition) is 0. The summed E-state index contributed by atoms with van der Waals surface area (Å²) in [5.74, 6) is -0.0583. The Kier molecular flexibility index (Phi) is 1.93. The van der Waals surface area contributed by atoms with Gasteiger partial charge < -0.3 is 4.57 Å². The van der Waals surface area contributed by atoms with Gasteiger partial charge in [-0.1, -0.05) is 0 Å². The van der Waals surface area contributed by atoms with Gasteiger partial charge in [0.1, 0.15) is 0 Å². The molecule has 0 atom stereocenters. The van der Waals surface area contributed by atoms with Crippen LogP contribution < -0.4 is 11.2 Å². The lowest BCUT2D eigenvalue weighted by atomic mass is 10.5. The lowest BCUT2D eigenvalue weighted by Crippen LogP contribution is -2.37. The monoisotopic (exact) mass is 270 g/mol. The Hall–Kier alpha value is -1.90. The maximum atomic E-state index is 12.0. The highest BCUT2D eigenvalue weighted by Crippen LogP contribution is 2.22. The topological polar surface area (TPSA) is 96.0 Å². The quantitative estimate of drug-likeness (QED) is 0.564. The van der Waals surface area contributed by atoms with Crippen LogP contribution in [0.2, 0.25) is 0 Å². The second-order valence-electron chi connectivity index (χ2n) is 4.24. The minimum atomic E-state index is -3.44. The third-order valence-electron chi connectivity index (χ3n) is 3.17. The number of rotatable bonds is 0. The SMILES string of the molecule is Cn1c(=O)c2c(nc3n2CCS3(=O)=O)n(C)c1=O. The molecule has 2 aromatic rings. The highest BCUT2D eigenvalue weighted by Gasteiger charge is 2.32. The summed E-state index contributed by atoms with van der Waals surface area (Å²) in [6, 6.07) is 0. The zero-order chi connectivity index (χ0) is 13.2. The fourth-order valence-corrected chi connectivity index (χ4v) is 3.52. The van der Waals surface area contributed by atoms with Crippen LogP contribution in [-0.2, 0) is 30.5 Å². The zero-order valence-corrected chi connectivity index (χ0v) is 10.6. The summed E-state index contributed by atoms with van der Waals surface area (Å²) in [7, 11) is -0.626. The smallest absolute Gasteiger partial charge is 0.308 e. The molecule has 0 radical (unpaired) electrons. The molecule has 0 aromatic carbocycles. The molecule has 0 fully saturated rings. The Morgan fingerprint density at radius 1 is 1.17 bits per heavy atom. The van der Waals surface area contributed by atoms with E-state index in [1.54, 1.807) is 0 Å². The number of fused-ring (bicyclic) bond motifs is 3. The number of nitrogens with zero attached hydrogens (tertiary/aromatic N) is 4. The largest absolute Gasteiger partial charge is 0.332 e. The number of aromatic nitrogens is 4. The standard InChI is InChI=1S/C9H10N4O4S/c1-11-6-5(7(14)12(2)9(11)15)13-3-4-18(16,17)8(13)10-6/h3-4H2,1-2H3. The Morgan fingerprint density at radius 2 is 1.83 bits per heavy atom. The van der Waals surface area contributed by atoms with Gasteiger partial charge in [-0.15, -0.1) is 0 Å². The number of aryl methyl sites for hydroxylation is 2. The summed E-state index contributed by atoms with van der Waals surface area (Å²) >= 11 is 0. The van der Waals surface area contributed by atoms with Crippen molar-refractivity contribution in [2.24, 2.45) is 14.1 Å². The predicted molar refractivity (Wildman–Crippen MR) is 62.3 cm³/mol. The van der Waals surface area contributed by atoms with Crippen molar-refractivity contribution in [1.82, 2.24) is 18.7 Å². The van der Waals surface area contributed by atoms with Gasteiger partial charge in [-0.3, -0.25) is 13.9 Å². The summed E-state index contributed by atoms with van der Waals surface area (Å²) in [5, 5.41) is -0.129. The first-order valence-corrected chi connectivity index (χ1v) is 6.89. The van der Waals surface area contributed by atoms with Crippen molar-refractivity contribution in [3.8, 4) is 0 Å². The second kappa shape index (κ2) is 3.10. The maximum Gasteiger partial charge on any atom is 0.332 e. The molecule has 1 aliphatic rings. The van der Waals surface area contributed by atoms with Crippen LogP contribution in [0.15, 0.2) is 14.7 Å². The number of hydrogen-bond acceptors (Lipinski definition) is 5. The first-order chi connectivity index (χ1) is 8.34. The van der Waals surface area contributed by atoms with E-state index in [1.165, 1.54) is 23.2 Å². The molecule has 9 heteroatoms. The first-order valence-electron chi connectivity index (χ1n) is 5.23. The van der Waals surface area contributed by atoms with Crippen LogP contribution in [-0.4, -0.2) is 32.9 Å². The Morgan fingerprint density at radius 3 is 2.50 bits per heavy atom. The van der Waals surface area contributed by atoms with Crippen molar-refractivity contribution in [2.45, 2.75) is 11.7 Å². The lowest BCUT2D eigenvalue weighted by molar-refractivity contribution is 0.595. The highest BCUT2D eigenvalue weighted by atomic mass is 32.2. The van der Waals surface area contributed by atoms with E-state index < -0.39 is 21.1 Å². The average molecular weight is 270 g/mol. The van der Waals surface area contributed by atoms with Crippen molar-refractivity contribution < 1.29 is 8.42 Å². The minimum Gasteiger partial charge on any atom is -0.308 e. The molecule has 0 aliphatic carbocycles. The van der Waals surface area contributed by atoms with Crippen LogP contribution in [0, 0.1) is 0 Å². The van der Waals surface area contributed by atoms with Crippen LogP contribution in [0.4, 0.5) is 0 Å². The van der Waals surface area contributed by atoms with Crippen LogP contribution in [0.5, 0.6) is 0 Å². The van der Waals surface area contributed by atoms with Gasteiger partial charge in [-0.05, 0) is 0 Å². The van der Waals surface area contributed by atoms with Crippen LogP contribution in [0.3, 0.4) is 0 Å². The molecule has 3 rings (SSSR count). The van der Waals surface area contributed by atoms with E-state index in [1.807, 2.05) is 0 Å². The van der Waals surface area contributed by atoms with Gasteiger partial charge in [0.2, 0.25) is 15.0 Å². The molecule has 0 saturated carbocycles.